The summed E-state index contributed by atoms with van der Waals surface area (Å²) in [6, 6.07) is 16.5. The summed E-state index contributed by atoms with van der Waals surface area (Å²) >= 11 is 1.49. The predicted molar refractivity (Wildman–Crippen MR) is 79.4 cm³/mol. The van der Waals surface area contributed by atoms with E-state index in [1.165, 1.54) is 29.5 Å². The van der Waals surface area contributed by atoms with Crippen LogP contribution in [-0.4, -0.2) is 11.5 Å². The fraction of sp³-hybridized carbons (Fsp3) is 0.235. The first-order valence-corrected chi connectivity index (χ1v) is 7.68. The van der Waals surface area contributed by atoms with Crippen molar-refractivity contribution in [1.82, 2.24) is 0 Å². The molecule has 0 spiro atoms. The summed E-state index contributed by atoms with van der Waals surface area (Å²) in [4.78, 5) is 13.1. The molecule has 0 aromatic heterocycles. The van der Waals surface area contributed by atoms with E-state index in [9.17, 15) is 9.18 Å². The second-order valence-electron chi connectivity index (χ2n) is 5.07. The third-order valence-electron chi connectivity index (χ3n) is 3.63. The number of thioether (sulfide) groups is 1. The quantitative estimate of drug-likeness (QED) is 0.763. The minimum absolute atomic E-state index is 0.172. The van der Waals surface area contributed by atoms with Crippen molar-refractivity contribution >= 4 is 17.5 Å². The van der Waals surface area contributed by atoms with Crippen LogP contribution < -0.4 is 0 Å². The second-order valence-corrected chi connectivity index (χ2v) is 6.12. The number of benzene rings is 2. The van der Waals surface area contributed by atoms with Crippen molar-refractivity contribution in [2.45, 2.75) is 17.2 Å². The molecule has 3 rings (SSSR count). The standard InChI is InChI=1S/C17H15FOS/c18-13-6-8-14(9-7-13)20-11-17(19)16-10-15(16)12-4-2-1-3-5-12/h1-9,15-16H,10-11H2. The molecule has 1 aliphatic rings. The molecule has 2 unspecified atom stereocenters. The average molecular weight is 286 g/mol. The van der Waals surface area contributed by atoms with Gasteiger partial charge in [-0.25, -0.2) is 4.39 Å². The smallest absolute Gasteiger partial charge is 0.146 e. The number of ketones is 1. The molecule has 0 aliphatic heterocycles. The Kier molecular flexibility index (Phi) is 3.88. The van der Waals surface area contributed by atoms with E-state index in [4.69, 9.17) is 0 Å². The molecule has 0 saturated heterocycles. The van der Waals surface area contributed by atoms with Gasteiger partial charge in [0.2, 0.25) is 0 Å². The maximum atomic E-state index is 12.8. The lowest BCUT2D eigenvalue weighted by molar-refractivity contribution is -0.117. The van der Waals surface area contributed by atoms with Crippen LogP contribution in [0.3, 0.4) is 0 Å². The van der Waals surface area contributed by atoms with Crippen molar-refractivity contribution in [1.29, 1.82) is 0 Å². The molecule has 1 fully saturated rings. The molecule has 0 heterocycles. The summed E-state index contributed by atoms with van der Waals surface area (Å²) < 4.78 is 12.8. The van der Waals surface area contributed by atoms with Crippen molar-refractivity contribution in [3.63, 3.8) is 0 Å². The molecule has 0 N–H and O–H groups in total. The van der Waals surface area contributed by atoms with Crippen LogP contribution in [0.2, 0.25) is 0 Å². The third kappa shape index (κ3) is 3.10. The summed E-state index contributed by atoms with van der Waals surface area (Å²) in [5, 5.41) is 0. The second kappa shape index (κ2) is 5.80. The lowest BCUT2D eigenvalue weighted by Crippen LogP contribution is -2.05. The Morgan fingerprint density at radius 2 is 1.80 bits per heavy atom. The number of hydrogen-bond donors (Lipinski definition) is 0. The molecule has 2 aromatic carbocycles. The van der Waals surface area contributed by atoms with Gasteiger partial charge in [-0.05, 0) is 42.2 Å². The van der Waals surface area contributed by atoms with Gasteiger partial charge in [0.1, 0.15) is 11.6 Å². The van der Waals surface area contributed by atoms with Crippen LogP contribution in [0.1, 0.15) is 17.9 Å². The van der Waals surface area contributed by atoms with Gasteiger partial charge in [0.25, 0.3) is 0 Å². The molecule has 2 aromatic rings. The maximum absolute atomic E-state index is 12.8. The van der Waals surface area contributed by atoms with Gasteiger partial charge in [-0.2, -0.15) is 0 Å². The highest BCUT2D eigenvalue weighted by Gasteiger charge is 2.43. The Labute approximate surface area is 122 Å². The molecule has 0 bridgehead atoms. The highest BCUT2D eigenvalue weighted by molar-refractivity contribution is 8.00. The monoisotopic (exact) mass is 286 g/mol. The Bertz CT molecular complexity index is 594. The number of Topliss-reactive ketones (excluding diaryl/α,β-unsaturated/α-hetero) is 1. The number of rotatable bonds is 5. The average Bonchev–Trinajstić information content (AvgIpc) is 3.28. The van der Waals surface area contributed by atoms with E-state index in [1.54, 1.807) is 12.1 Å². The van der Waals surface area contributed by atoms with Gasteiger partial charge in [-0.1, -0.05) is 30.3 Å². The van der Waals surface area contributed by atoms with E-state index in [2.05, 4.69) is 12.1 Å². The summed E-state index contributed by atoms with van der Waals surface area (Å²) in [5.41, 5.74) is 1.26. The van der Waals surface area contributed by atoms with Gasteiger partial charge in [-0.3, -0.25) is 4.79 Å². The van der Waals surface area contributed by atoms with Crippen LogP contribution in [0.25, 0.3) is 0 Å². The highest BCUT2D eigenvalue weighted by Crippen LogP contribution is 2.48. The largest absolute Gasteiger partial charge is 0.298 e. The van der Waals surface area contributed by atoms with E-state index in [0.29, 0.717) is 17.5 Å². The molecule has 20 heavy (non-hydrogen) atoms. The van der Waals surface area contributed by atoms with Gasteiger partial charge >= 0.3 is 0 Å². The first-order chi connectivity index (χ1) is 9.74. The van der Waals surface area contributed by atoms with Gasteiger partial charge in [0.15, 0.2) is 0 Å². The Hall–Kier alpha value is -1.61. The Morgan fingerprint density at radius 1 is 1.10 bits per heavy atom. The van der Waals surface area contributed by atoms with Crippen molar-refractivity contribution in [2.75, 3.05) is 5.75 Å². The van der Waals surface area contributed by atoms with E-state index < -0.39 is 0 Å². The van der Waals surface area contributed by atoms with Crippen LogP contribution in [-0.2, 0) is 4.79 Å². The zero-order valence-electron chi connectivity index (χ0n) is 11.0. The fourth-order valence-electron chi connectivity index (χ4n) is 2.41. The van der Waals surface area contributed by atoms with Crippen LogP contribution >= 0.6 is 11.8 Å². The topological polar surface area (TPSA) is 17.1 Å². The lowest BCUT2D eigenvalue weighted by atomic mass is 10.1. The first-order valence-electron chi connectivity index (χ1n) is 6.70. The summed E-state index contributed by atoms with van der Waals surface area (Å²) in [6.45, 7) is 0. The molecular weight excluding hydrogens is 271 g/mol. The normalized spacial score (nSPS) is 20.6. The molecule has 2 atom stereocenters. The lowest BCUT2D eigenvalue weighted by Gasteiger charge is -2.02. The first kappa shape index (κ1) is 13.4. The van der Waals surface area contributed by atoms with Crippen LogP contribution in [0.4, 0.5) is 4.39 Å². The third-order valence-corrected chi connectivity index (χ3v) is 4.66. The van der Waals surface area contributed by atoms with E-state index in [1.807, 2.05) is 18.2 Å². The van der Waals surface area contributed by atoms with Crippen LogP contribution in [0.5, 0.6) is 0 Å². The van der Waals surface area contributed by atoms with Crippen LogP contribution in [0, 0.1) is 11.7 Å². The molecule has 1 saturated carbocycles. The minimum atomic E-state index is -0.244. The zero-order valence-corrected chi connectivity index (χ0v) is 11.8. The van der Waals surface area contributed by atoms with Crippen molar-refractivity contribution < 1.29 is 9.18 Å². The summed E-state index contributed by atoms with van der Waals surface area (Å²) in [6.07, 6.45) is 0.965. The van der Waals surface area contributed by atoms with Crippen molar-refractivity contribution in [2.24, 2.45) is 5.92 Å². The highest BCUT2D eigenvalue weighted by atomic mass is 32.2. The van der Waals surface area contributed by atoms with Gasteiger partial charge in [0, 0.05) is 10.8 Å². The van der Waals surface area contributed by atoms with Gasteiger partial charge in [0.05, 0.1) is 5.75 Å². The van der Waals surface area contributed by atoms with Gasteiger partial charge < -0.3 is 0 Å². The number of carbonyl (C=O) groups is 1. The van der Waals surface area contributed by atoms with Gasteiger partial charge in [-0.15, -0.1) is 11.8 Å². The molecule has 1 nitrogen and oxygen atoms in total. The Balaban J connectivity index is 1.53. The SMILES string of the molecule is O=C(CSc1ccc(F)cc1)C1CC1c1ccccc1. The van der Waals surface area contributed by atoms with Crippen molar-refractivity contribution in [3.8, 4) is 0 Å². The van der Waals surface area contributed by atoms with Crippen LogP contribution in [0.15, 0.2) is 59.5 Å². The van der Waals surface area contributed by atoms with E-state index in [0.717, 1.165) is 11.3 Å². The maximum Gasteiger partial charge on any atom is 0.146 e. The molecule has 1 aliphatic carbocycles. The zero-order chi connectivity index (χ0) is 13.9. The minimum Gasteiger partial charge on any atom is -0.298 e. The Morgan fingerprint density at radius 3 is 2.50 bits per heavy atom. The predicted octanol–water partition coefficient (Wildman–Crippen LogP) is 4.29. The molecule has 0 radical (unpaired) electrons. The molecular formula is C17H15FOS. The fourth-order valence-corrected chi connectivity index (χ4v) is 3.26. The molecule has 0 amide bonds. The van der Waals surface area contributed by atoms with Crippen molar-refractivity contribution in [3.05, 3.63) is 66.0 Å². The summed E-state index contributed by atoms with van der Waals surface area (Å²) in [7, 11) is 0. The molecule has 3 heteroatoms. The molecule has 102 valence electrons. The van der Waals surface area contributed by atoms with E-state index >= 15 is 0 Å². The van der Waals surface area contributed by atoms with E-state index in [-0.39, 0.29) is 11.7 Å². The number of carbonyl (C=O) groups excluding carboxylic acids is 1. The number of halogens is 1. The number of hydrogen-bond acceptors (Lipinski definition) is 2. The summed E-state index contributed by atoms with van der Waals surface area (Å²) in [5.74, 6) is 1.10.